The number of hydrogen-bond donors (Lipinski definition) is 2. The van der Waals surface area contributed by atoms with E-state index in [4.69, 9.17) is 18.9 Å². The van der Waals surface area contributed by atoms with Gasteiger partial charge in [0.25, 0.3) is 0 Å². The molecule has 2 rings (SSSR count). The van der Waals surface area contributed by atoms with Crippen LogP contribution in [-0.2, 0) is 17.8 Å². The molecule has 8 nitrogen and oxygen atoms in total. The van der Waals surface area contributed by atoms with Crippen LogP contribution in [0.5, 0.6) is 17.4 Å². The van der Waals surface area contributed by atoms with E-state index in [9.17, 15) is 0 Å². The van der Waals surface area contributed by atoms with Crippen molar-refractivity contribution in [2.45, 2.75) is 13.1 Å². The lowest BCUT2D eigenvalue weighted by Crippen LogP contribution is -2.36. The van der Waals surface area contributed by atoms with Gasteiger partial charge in [-0.15, -0.1) is 0 Å². The molecular weight excluding hydrogens is 360 g/mol. The Labute approximate surface area is 165 Å². The lowest BCUT2D eigenvalue weighted by molar-refractivity contribution is 0.143. The SMILES string of the molecule is CN=C(NCc1ccc(OC)c(OC)c1)NCc1cccnc1OCCOC. The first-order valence-electron chi connectivity index (χ1n) is 8.92. The van der Waals surface area contributed by atoms with Crippen LogP contribution in [0.3, 0.4) is 0 Å². The zero-order valence-electron chi connectivity index (χ0n) is 16.8. The third-order valence-corrected chi connectivity index (χ3v) is 3.95. The Kier molecular flexibility index (Phi) is 8.87. The second-order valence-corrected chi connectivity index (χ2v) is 5.78. The van der Waals surface area contributed by atoms with E-state index < -0.39 is 0 Å². The average Bonchev–Trinajstić information content (AvgIpc) is 2.74. The highest BCUT2D eigenvalue weighted by Crippen LogP contribution is 2.27. The molecule has 0 saturated heterocycles. The number of rotatable bonds is 10. The molecule has 0 bridgehead atoms. The number of ether oxygens (including phenoxy) is 4. The minimum atomic E-state index is 0.451. The van der Waals surface area contributed by atoms with Crippen molar-refractivity contribution in [3.63, 3.8) is 0 Å². The number of aromatic nitrogens is 1. The molecule has 2 aromatic rings. The van der Waals surface area contributed by atoms with Crippen LogP contribution in [0.1, 0.15) is 11.1 Å². The van der Waals surface area contributed by atoms with Crippen LogP contribution in [0.15, 0.2) is 41.5 Å². The third kappa shape index (κ3) is 6.31. The van der Waals surface area contributed by atoms with Gasteiger partial charge in [-0.05, 0) is 23.8 Å². The summed E-state index contributed by atoms with van der Waals surface area (Å²) in [7, 11) is 6.60. The van der Waals surface area contributed by atoms with E-state index in [-0.39, 0.29) is 0 Å². The minimum absolute atomic E-state index is 0.451. The average molecular weight is 388 g/mol. The molecule has 2 N–H and O–H groups in total. The number of benzene rings is 1. The maximum absolute atomic E-state index is 5.66. The van der Waals surface area contributed by atoms with E-state index in [2.05, 4.69) is 20.6 Å². The van der Waals surface area contributed by atoms with E-state index in [1.54, 1.807) is 34.6 Å². The van der Waals surface area contributed by atoms with Crippen LogP contribution < -0.4 is 24.8 Å². The molecule has 8 heteroatoms. The number of hydrogen-bond acceptors (Lipinski definition) is 6. The van der Waals surface area contributed by atoms with Crippen molar-refractivity contribution in [2.24, 2.45) is 4.99 Å². The molecule has 0 spiro atoms. The van der Waals surface area contributed by atoms with Gasteiger partial charge in [-0.1, -0.05) is 12.1 Å². The minimum Gasteiger partial charge on any atom is -0.493 e. The molecule has 1 aromatic heterocycles. The molecule has 0 amide bonds. The van der Waals surface area contributed by atoms with Crippen LogP contribution in [0.4, 0.5) is 0 Å². The molecule has 0 aliphatic carbocycles. The van der Waals surface area contributed by atoms with Gasteiger partial charge in [0, 0.05) is 39.0 Å². The maximum Gasteiger partial charge on any atom is 0.218 e. The standard InChI is InChI=1S/C20H28N4O4/c1-21-20(23-13-15-7-8-17(26-3)18(12-15)27-4)24-14-16-6-5-9-22-19(16)28-11-10-25-2/h5-9,12H,10-11,13-14H2,1-4H3,(H2,21,23,24). The zero-order valence-corrected chi connectivity index (χ0v) is 16.8. The Morgan fingerprint density at radius 1 is 1.00 bits per heavy atom. The Balaban J connectivity index is 1.92. The van der Waals surface area contributed by atoms with E-state index in [1.807, 2.05) is 30.3 Å². The fraction of sp³-hybridized carbons (Fsp3) is 0.400. The van der Waals surface area contributed by atoms with E-state index in [0.29, 0.717) is 49.6 Å². The van der Waals surface area contributed by atoms with Crippen LogP contribution in [0, 0.1) is 0 Å². The highest BCUT2D eigenvalue weighted by atomic mass is 16.5. The summed E-state index contributed by atoms with van der Waals surface area (Å²) in [6.45, 7) is 2.08. The molecule has 0 radical (unpaired) electrons. The molecule has 0 aliphatic rings. The Morgan fingerprint density at radius 3 is 2.50 bits per heavy atom. The van der Waals surface area contributed by atoms with E-state index >= 15 is 0 Å². The van der Waals surface area contributed by atoms with Crippen LogP contribution in [0.2, 0.25) is 0 Å². The van der Waals surface area contributed by atoms with E-state index in [0.717, 1.165) is 11.1 Å². The summed E-state index contributed by atoms with van der Waals surface area (Å²) >= 11 is 0. The normalized spacial score (nSPS) is 11.1. The van der Waals surface area contributed by atoms with Gasteiger partial charge in [-0.2, -0.15) is 0 Å². The van der Waals surface area contributed by atoms with Crippen molar-refractivity contribution in [1.29, 1.82) is 0 Å². The number of aliphatic imine (C=N–C) groups is 1. The highest BCUT2D eigenvalue weighted by molar-refractivity contribution is 5.79. The maximum atomic E-state index is 5.66. The second-order valence-electron chi connectivity index (χ2n) is 5.78. The largest absolute Gasteiger partial charge is 0.493 e. The van der Waals surface area contributed by atoms with Crippen molar-refractivity contribution < 1.29 is 18.9 Å². The second kappa shape index (κ2) is 11.7. The van der Waals surface area contributed by atoms with Gasteiger partial charge in [0.1, 0.15) is 6.61 Å². The molecule has 0 fully saturated rings. The summed E-state index contributed by atoms with van der Waals surface area (Å²) < 4.78 is 21.3. The quantitative estimate of drug-likeness (QED) is 0.366. The first-order chi connectivity index (χ1) is 13.7. The van der Waals surface area contributed by atoms with Gasteiger partial charge >= 0.3 is 0 Å². The number of pyridine rings is 1. The topological polar surface area (TPSA) is 86.2 Å². The molecule has 1 heterocycles. The number of nitrogens with one attached hydrogen (secondary N) is 2. The van der Waals surface area contributed by atoms with Crippen molar-refractivity contribution in [2.75, 3.05) is 41.6 Å². The fourth-order valence-corrected chi connectivity index (χ4v) is 2.49. The van der Waals surface area contributed by atoms with Gasteiger partial charge in [0.05, 0.1) is 20.8 Å². The molecule has 28 heavy (non-hydrogen) atoms. The predicted molar refractivity (Wildman–Crippen MR) is 108 cm³/mol. The van der Waals surface area contributed by atoms with Crippen molar-refractivity contribution >= 4 is 5.96 Å². The predicted octanol–water partition coefficient (Wildman–Crippen LogP) is 1.99. The molecule has 0 atom stereocenters. The molecule has 0 aliphatic heterocycles. The lowest BCUT2D eigenvalue weighted by atomic mass is 10.2. The monoisotopic (exact) mass is 388 g/mol. The van der Waals surface area contributed by atoms with Crippen molar-refractivity contribution in [1.82, 2.24) is 15.6 Å². The van der Waals surface area contributed by atoms with Gasteiger partial charge in [-0.25, -0.2) is 4.98 Å². The molecular formula is C20H28N4O4. The summed E-state index contributed by atoms with van der Waals surface area (Å²) in [6, 6.07) is 9.63. The first kappa shape index (κ1) is 21.3. The number of methoxy groups -OCH3 is 3. The van der Waals surface area contributed by atoms with Gasteiger partial charge in [-0.3, -0.25) is 4.99 Å². The smallest absolute Gasteiger partial charge is 0.218 e. The van der Waals surface area contributed by atoms with Crippen LogP contribution >= 0.6 is 0 Å². The zero-order chi connectivity index (χ0) is 20.2. The Bertz CT molecular complexity index is 768. The molecule has 0 unspecified atom stereocenters. The van der Waals surface area contributed by atoms with Crippen molar-refractivity contribution in [3.05, 3.63) is 47.7 Å². The summed E-state index contributed by atoms with van der Waals surface area (Å²) in [6.07, 6.45) is 1.70. The summed E-state index contributed by atoms with van der Waals surface area (Å²) in [5, 5.41) is 6.55. The molecule has 152 valence electrons. The Hall–Kier alpha value is -3.00. The molecule has 1 aromatic carbocycles. The molecule has 0 saturated carbocycles. The first-order valence-corrected chi connectivity index (χ1v) is 8.92. The van der Waals surface area contributed by atoms with Crippen LogP contribution in [0.25, 0.3) is 0 Å². The lowest BCUT2D eigenvalue weighted by Gasteiger charge is -2.15. The highest BCUT2D eigenvalue weighted by Gasteiger charge is 2.08. The summed E-state index contributed by atoms with van der Waals surface area (Å²) in [5.74, 6) is 2.65. The van der Waals surface area contributed by atoms with Crippen molar-refractivity contribution in [3.8, 4) is 17.4 Å². The summed E-state index contributed by atoms with van der Waals surface area (Å²) in [5.41, 5.74) is 1.98. The van der Waals surface area contributed by atoms with E-state index in [1.165, 1.54) is 0 Å². The Morgan fingerprint density at radius 2 is 1.79 bits per heavy atom. The fourth-order valence-electron chi connectivity index (χ4n) is 2.49. The third-order valence-electron chi connectivity index (χ3n) is 3.95. The van der Waals surface area contributed by atoms with Gasteiger partial charge in [0.15, 0.2) is 17.5 Å². The van der Waals surface area contributed by atoms with Gasteiger partial charge in [0.2, 0.25) is 5.88 Å². The van der Waals surface area contributed by atoms with Gasteiger partial charge < -0.3 is 29.6 Å². The van der Waals surface area contributed by atoms with Crippen LogP contribution in [-0.4, -0.2) is 52.5 Å². The number of nitrogens with zero attached hydrogens (tertiary/aromatic N) is 2. The summed E-state index contributed by atoms with van der Waals surface area (Å²) in [4.78, 5) is 8.54. The number of guanidine groups is 1.